The lowest BCUT2D eigenvalue weighted by Crippen LogP contribution is -2.12. The van der Waals surface area contributed by atoms with E-state index >= 15 is 0 Å². The lowest BCUT2D eigenvalue weighted by atomic mass is 9.93. The summed E-state index contributed by atoms with van der Waals surface area (Å²) < 4.78 is 5.94. The van der Waals surface area contributed by atoms with Gasteiger partial charge in [-0.05, 0) is 12.5 Å². The van der Waals surface area contributed by atoms with Gasteiger partial charge in [0.1, 0.15) is 17.4 Å². The molecular weight excluding hydrogens is 280 g/mol. The highest BCUT2D eigenvalue weighted by Crippen LogP contribution is 2.28. The summed E-state index contributed by atoms with van der Waals surface area (Å²) in [5, 5.41) is 3.11. The van der Waals surface area contributed by atoms with Crippen LogP contribution in [0.2, 0.25) is 0 Å². The lowest BCUT2D eigenvalue weighted by Gasteiger charge is -2.15. The molecule has 1 aromatic carbocycles. The first-order valence-electron chi connectivity index (χ1n) is 7.34. The van der Waals surface area contributed by atoms with Crippen LogP contribution in [0, 0.1) is 0 Å². The molecule has 0 spiro atoms. The van der Waals surface area contributed by atoms with Gasteiger partial charge in [0.25, 0.3) is 0 Å². The Kier molecular flexibility index (Phi) is 5.01. The maximum atomic E-state index is 6.13. The number of aromatic nitrogens is 1. The summed E-state index contributed by atoms with van der Waals surface area (Å²) in [6.07, 6.45) is 0.895. The molecule has 0 saturated carbocycles. The van der Waals surface area contributed by atoms with Crippen LogP contribution in [0.4, 0.5) is 0 Å². The van der Waals surface area contributed by atoms with Crippen molar-refractivity contribution in [3.05, 3.63) is 45.9 Å². The van der Waals surface area contributed by atoms with Crippen molar-refractivity contribution in [2.75, 3.05) is 0 Å². The van der Waals surface area contributed by atoms with Crippen LogP contribution in [0.1, 0.15) is 56.4 Å². The van der Waals surface area contributed by atoms with E-state index in [0.717, 1.165) is 28.4 Å². The maximum Gasteiger partial charge on any atom is 0.140 e. The van der Waals surface area contributed by atoms with Crippen LogP contribution in [-0.2, 0) is 12.0 Å². The number of hydrogen-bond donors (Lipinski definition) is 1. The zero-order valence-corrected chi connectivity index (χ0v) is 14.0. The highest BCUT2D eigenvalue weighted by atomic mass is 32.1. The summed E-state index contributed by atoms with van der Waals surface area (Å²) in [5.41, 5.74) is 8.39. The van der Waals surface area contributed by atoms with Gasteiger partial charge in [0, 0.05) is 22.4 Å². The third-order valence-corrected chi connectivity index (χ3v) is 4.25. The Labute approximate surface area is 131 Å². The Balaban J connectivity index is 2.08. The molecule has 0 aliphatic heterocycles. The molecule has 0 bridgehead atoms. The largest absolute Gasteiger partial charge is 0.486 e. The smallest absolute Gasteiger partial charge is 0.140 e. The molecule has 1 unspecified atom stereocenters. The zero-order valence-electron chi connectivity index (χ0n) is 13.2. The van der Waals surface area contributed by atoms with Gasteiger partial charge in [0.05, 0.1) is 5.69 Å². The molecule has 4 heteroatoms. The van der Waals surface area contributed by atoms with Crippen LogP contribution in [-0.4, -0.2) is 4.98 Å². The molecule has 0 aliphatic rings. The van der Waals surface area contributed by atoms with Gasteiger partial charge in [-0.25, -0.2) is 4.98 Å². The summed E-state index contributed by atoms with van der Waals surface area (Å²) in [7, 11) is 0. The Morgan fingerprint density at radius 3 is 2.62 bits per heavy atom. The highest BCUT2D eigenvalue weighted by Gasteiger charge is 2.18. The number of hydrogen-bond acceptors (Lipinski definition) is 4. The van der Waals surface area contributed by atoms with Gasteiger partial charge in [-0.2, -0.15) is 0 Å². The Morgan fingerprint density at radius 1 is 1.29 bits per heavy atom. The maximum absolute atomic E-state index is 6.13. The normalized spacial score (nSPS) is 13.2. The average Bonchev–Trinajstić information content (AvgIpc) is 2.93. The van der Waals surface area contributed by atoms with Crippen LogP contribution in [0.3, 0.4) is 0 Å². The van der Waals surface area contributed by atoms with Gasteiger partial charge in [0.15, 0.2) is 0 Å². The van der Waals surface area contributed by atoms with Gasteiger partial charge in [-0.3, -0.25) is 0 Å². The molecule has 1 heterocycles. The molecular formula is C17H24N2OS. The van der Waals surface area contributed by atoms with Crippen LogP contribution in [0.5, 0.6) is 5.75 Å². The monoisotopic (exact) mass is 304 g/mol. The fraction of sp³-hybridized carbons (Fsp3) is 0.471. The standard InChI is InChI=1S/C17H24N2OS/c1-5-13(18)12-8-6-7-9-14(12)20-10-16-19-15(11-21-16)17(2,3)4/h6-9,11,13H,5,10,18H2,1-4H3. The number of rotatable bonds is 5. The van der Waals surface area contributed by atoms with Gasteiger partial charge in [-0.15, -0.1) is 11.3 Å². The van der Waals surface area contributed by atoms with Gasteiger partial charge >= 0.3 is 0 Å². The molecule has 1 atom stereocenters. The summed E-state index contributed by atoms with van der Waals surface area (Å²) in [5.74, 6) is 0.861. The second-order valence-electron chi connectivity index (χ2n) is 6.22. The van der Waals surface area contributed by atoms with Crippen molar-refractivity contribution >= 4 is 11.3 Å². The molecule has 21 heavy (non-hydrogen) atoms. The third-order valence-electron chi connectivity index (χ3n) is 3.43. The summed E-state index contributed by atoms with van der Waals surface area (Å²) in [6, 6.07) is 8.00. The molecule has 0 aliphatic carbocycles. The van der Waals surface area contributed by atoms with E-state index in [9.17, 15) is 0 Å². The number of nitrogens with two attached hydrogens (primary N) is 1. The molecule has 0 radical (unpaired) electrons. The van der Waals surface area contributed by atoms with E-state index in [0.29, 0.717) is 6.61 Å². The third kappa shape index (κ3) is 4.05. The molecule has 0 amide bonds. The highest BCUT2D eigenvalue weighted by molar-refractivity contribution is 7.09. The molecule has 1 aromatic heterocycles. The van der Waals surface area contributed by atoms with Crippen molar-refractivity contribution in [2.24, 2.45) is 5.73 Å². The van der Waals surface area contributed by atoms with Gasteiger partial charge < -0.3 is 10.5 Å². The van der Waals surface area contributed by atoms with Crippen LogP contribution >= 0.6 is 11.3 Å². The van der Waals surface area contributed by atoms with E-state index in [-0.39, 0.29) is 11.5 Å². The second kappa shape index (κ2) is 6.58. The SMILES string of the molecule is CCC(N)c1ccccc1OCc1nc(C(C)(C)C)cs1. The summed E-state index contributed by atoms with van der Waals surface area (Å²) >= 11 is 1.65. The van der Waals surface area contributed by atoms with E-state index in [2.05, 4.69) is 38.1 Å². The van der Waals surface area contributed by atoms with Crippen molar-refractivity contribution in [3.8, 4) is 5.75 Å². The van der Waals surface area contributed by atoms with Crippen molar-refractivity contribution in [2.45, 2.75) is 52.2 Å². The molecule has 0 fully saturated rings. The number of ether oxygens (including phenoxy) is 1. The van der Waals surface area contributed by atoms with E-state index in [4.69, 9.17) is 10.5 Å². The molecule has 2 N–H and O–H groups in total. The molecule has 2 aromatic rings. The first-order valence-corrected chi connectivity index (χ1v) is 8.22. The Hall–Kier alpha value is -1.39. The van der Waals surface area contributed by atoms with Gasteiger partial charge in [0.2, 0.25) is 0 Å². The Bertz CT molecular complexity index is 586. The predicted octanol–water partition coefficient (Wildman–Crippen LogP) is 4.43. The molecule has 2 rings (SSSR count). The molecule has 0 saturated heterocycles. The van der Waals surface area contributed by atoms with Crippen LogP contribution < -0.4 is 10.5 Å². The topological polar surface area (TPSA) is 48.1 Å². The Morgan fingerprint density at radius 2 is 2.00 bits per heavy atom. The fourth-order valence-corrected chi connectivity index (χ4v) is 2.93. The quantitative estimate of drug-likeness (QED) is 0.889. The predicted molar refractivity (Wildman–Crippen MR) is 88.8 cm³/mol. The van der Waals surface area contributed by atoms with Crippen molar-refractivity contribution < 1.29 is 4.74 Å². The minimum Gasteiger partial charge on any atom is -0.486 e. The first kappa shape index (κ1) is 16.0. The minimum atomic E-state index is 0.0163. The van der Waals surface area contributed by atoms with Crippen molar-refractivity contribution in [1.29, 1.82) is 0 Å². The fourth-order valence-electron chi connectivity index (χ4n) is 2.00. The number of nitrogens with zero attached hydrogens (tertiary/aromatic N) is 1. The first-order chi connectivity index (χ1) is 9.91. The summed E-state index contributed by atoms with van der Waals surface area (Å²) in [6.45, 7) is 9.08. The average molecular weight is 304 g/mol. The number of benzene rings is 1. The number of para-hydroxylation sites is 1. The van der Waals surface area contributed by atoms with E-state index in [1.165, 1.54) is 0 Å². The minimum absolute atomic E-state index is 0.0163. The number of thiazole rings is 1. The summed E-state index contributed by atoms with van der Waals surface area (Å²) in [4.78, 5) is 4.65. The van der Waals surface area contributed by atoms with Crippen molar-refractivity contribution in [1.82, 2.24) is 4.98 Å². The lowest BCUT2D eigenvalue weighted by molar-refractivity contribution is 0.299. The second-order valence-corrected chi connectivity index (χ2v) is 7.16. The molecule has 114 valence electrons. The zero-order chi connectivity index (χ0) is 15.5. The van der Waals surface area contributed by atoms with Crippen molar-refractivity contribution in [3.63, 3.8) is 0 Å². The van der Waals surface area contributed by atoms with Crippen LogP contribution in [0.25, 0.3) is 0 Å². The van der Waals surface area contributed by atoms with E-state index in [1.807, 2.05) is 24.3 Å². The van der Waals surface area contributed by atoms with E-state index in [1.54, 1.807) is 11.3 Å². The van der Waals surface area contributed by atoms with Gasteiger partial charge in [-0.1, -0.05) is 45.9 Å². The molecule has 3 nitrogen and oxygen atoms in total. The van der Waals surface area contributed by atoms with E-state index < -0.39 is 0 Å². The van der Waals surface area contributed by atoms with Crippen LogP contribution in [0.15, 0.2) is 29.6 Å².